The van der Waals surface area contributed by atoms with Gasteiger partial charge in [0.2, 0.25) is 0 Å². The Morgan fingerprint density at radius 3 is 2.67 bits per heavy atom. The molecule has 0 aliphatic carbocycles. The van der Waals surface area contributed by atoms with E-state index in [0.717, 1.165) is 22.1 Å². The van der Waals surface area contributed by atoms with Gasteiger partial charge in [-0.05, 0) is 27.4 Å². The quantitative estimate of drug-likeness (QED) is 0.454. The second-order valence-corrected chi connectivity index (χ2v) is 5.85. The molecule has 8 nitrogen and oxygen atoms in total. The summed E-state index contributed by atoms with van der Waals surface area (Å²) >= 11 is 4.33. The number of Topliss-reactive ketones (excluding diaryl/α,β-unsaturated/α-hetero) is 1. The van der Waals surface area contributed by atoms with Crippen molar-refractivity contribution in [2.24, 2.45) is 7.05 Å². The van der Waals surface area contributed by atoms with Crippen molar-refractivity contribution < 1.29 is 9.72 Å². The molecular formula is C11H8BrN3O5S. The molecule has 2 rings (SSSR count). The Labute approximate surface area is 129 Å². The lowest BCUT2D eigenvalue weighted by Crippen LogP contribution is -2.41. The fraction of sp³-hybridized carbons (Fsp3) is 0.182. The van der Waals surface area contributed by atoms with Crippen LogP contribution >= 0.6 is 27.3 Å². The van der Waals surface area contributed by atoms with Gasteiger partial charge in [-0.2, -0.15) is 0 Å². The molecule has 0 saturated heterocycles. The zero-order valence-corrected chi connectivity index (χ0v) is 13.0. The molecule has 2 aromatic heterocycles. The number of aryl methyl sites for hydroxylation is 1. The van der Waals surface area contributed by atoms with E-state index in [-0.39, 0.29) is 0 Å². The smallest absolute Gasteiger partial charge is 0.297 e. The topological polar surface area (TPSA) is 104 Å². The van der Waals surface area contributed by atoms with Crippen molar-refractivity contribution in [1.82, 2.24) is 9.13 Å². The van der Waals surface area contributed by atoms with Gasteiger partial charge in [-0.15, -0.1) is 11.3 Å². The van der Waals surface area contributed by atoms with E-state index < -0.39 is 34.2 Å². The Bertz CT molecular complexity index is 850. The summed E-state index contributed by atoms with van der Waals surface area (Å²) in [5.41, 5.74) is -2.63. The van der Waals surface area contributed by atoms with Gasteiger partial charge < -0.3 is 0 Å². The number of halogens is 1. The van der Waals surface area contributed by atoms with E-state index in [1.54, 1.807) is 11.4 Å². The lowest BCUT2D eigenvalue weighted by atomic mass is 10.3. The molecule has 0 spiro atoms. The van der Waals surface area contributed by atoms with Crippen LogP contribution in [0.25, 0.3) is 0 Å². The van der Waals surface area contributed by atoms with Crippen LogP contribution in [0, 0.1) is 10.1 Å². The van der Waals surface area contributed by atoms with E-state index in [4.69, 9.17) is 0 Å². The van der Waals surface area contributed by atoms with E-state index in [1.807, 2.05) is 0 Å². The summed E-state index contributed by atoms with van der Waals surface area (Å²) in [5.74, 6) is -0.475. The van der Waals surface area contributed by atoms with Gasteiger partial charge in [0.15, 0.2) is 5.78 Å². The van der Waals surface area contributed by atoms with Crippen molar-refractivity contribution >= 4 is 38.7 Å². The van der Waals surface area contributed by atoms with Crippen molar-refractivity contribution in [2.75, 3.05) is 0 Å². The molecule has 0 atom stereocenters. The summed E-state index contributed by atoms with van der Waals surface area (Å²) in [5, 5.41) is 12.5. The number of nitrogens with zero attached hydrogens (tertiary/aromatic N) is 3. The lowest BCUT2D eigenvalue weighted by Gasteiger charge is -2.05. The molecule has 0 radical (unpaired) electrons. The fourth-order valence-corrected chi connectivity index (χ4v) is 3.21. The highest BCUT2D eigenvalue weighted by Crippen LogP contribution is 2.23. The summed E-state index contributed by atoms with van der Waals surface area (Å²) in [7, 11) is 1.27. The first-order valence-corrected chi connectivity index (χ1v) is 7.21. The highest BCUT2D eigenvalue weighted by atomic mass is 79.9. The maximum Gasteiger partial charge on any atom is 0.350 e. The molecule has 0 aliphatic rings. The fourth-order valence-electron chi connectivity index (χ4n) is 1.68. The Morgan fingerprint density at radius 2 is 2.14 bits per heavy atom. The normalized spacial score (nSPS) is 10.6. The predicted molar refractivity (Wildman–Crippen MR) is 78.9 cm³/mol. The number of carbonyl (C=O) groups excluding carboxylic acids is 1. The van der Waals surface area contributed by atoms with E-state index in [2.05, 4.69) is 15.9 Å². The Morgan fingerprint density at radius 1 is 1.48 bits per heavy atom. The minimum atomic E-state index is -1.09. The van der Waals surface area contributed by atoms with Gasteiger partial charge >= 0.3 is 16.9 Å². The molecule has 2 aromatic rings. The van der Waals surface area contributed by atoms with Crippen LogP contribution < -0.4 is 11.2 Å². The number of rotatable bonds is 4. The van der Waals surface area contributed by atoms with Crippen LogP contribution in [0.15, 0.2) is 31.7 Å². The van der Waals surface area contributed by atoms with E-state index in [9.17, 15) is 24.5 Å². The third kappa shape index (κ3) is 2.85. The van der Waals surface area contributed by atoms with Gasteiger partial charge in [0.1, 0.15) is 0 Å². The maximum atomic E-state index is 12.1. The molecule has 0 unspecified atom stereocenters. The third-order valence-corrected chi connectivity index (χ3v) is 4.56. The first kappa shape index (κ1) is 15.3. The zero-order chi connectivity index (χ0) is 15.7. The van der Waals surface area contributed by atoms with Crippen LogP contribution in [0.4, 0.5) is 5.69 Å². The van der Waals surface area contributed by atoms with Crippen molar-refractivity contribution in [3.8, 4) is 0 Å². The van der Waals surface area contributed by atoms with Crippen molar-refractivity contribution in [1.29, 1.82) is 0 Å². The monoisotopic (exact) mass is 373 g/mol. The standard InChI is InChI=1S/C11H8BrN3O5S/c1-13-4-7(15(19)20)10(17)14(11(13)18)5-8(16)9-6(12)2-3-21-9/h2-4H,5H2,1H3. The molecule has 0 bridgehead atoms. The molecule has 0 amide bonds. The van der Waals surface area contributed by atoms with E-state index in [1.165, 1.54) is 7.05 Å². The number of thiophene rings is 1. The maximum absolute atomic E-state index is 12.1. The second-order valence-electron chi connectivity index (χ2n) is 4.08. The van der Waals surface area contributed by atoms with Crippen LogP contribution in [0.5, 0.6) is 0 Å². The van der Waals surface area contributed by atoms with Crippen molar-refractivity contribution in [2.45, 2.75) is 6.54 Å². The zero-order valence-electron chi connectivity index (χ0n) is 10.6. The van der Waals surface area contributed by atoms with Gasteiger partial charge in [-0.3, -0.25) is 24.3 Å². The molecule has 0 aromatic carbocycles. The van der Waals surface area contributed by atoms with Gasteiger partial charge in [-0.1, -0.05) is 0 Å². The summed E-state index contributed by atoms with van der Waals surface area (Å²) < 4.78 is 2.01. The molecular weight excluding hydrogens is 366 g/mol. The minimum Gasteiger partial charge on any atom is -0.297 e. The molecule has 0 saturated carbocycles. The largest absolute Gasteiger partial charge is 0.350 e. The first-order valence-electron chi connectivity index (χ1n) is 5.54. The van der Waals surface area contributed by atoms with E-state index in [0.29, 0.717) is 13.9 Å². The lowest BCUT2D eigenvalue weighted by molar-refractivity contribution is -0.387. The molecule has 10 heteroatoms. The number of hydrogen-bond donors (Lipinski definition) is 0. The first-order chi connectivity index (χ1) is 9.82. The number of hydrogen-bond acceptors (Lipinski definition) is 6. The van der Waals surface area contributed by atoms with Gasteiger partial charge in [0, 0.05) is 11.5 Å². The second kappa shape index (κ2) is 5.74. The molecule has 0 fully saturated rings. The highest BCUT2D eigenvalue weighted by molar-refractivity contribution is 9.10. The summed E-state index contributed by atoms with van der Waals surface area (Å²) in [6, 6.07) is 1.66. The van der Waals surface area contributed by atoms with Crippen LogP contribution in [0.3, 0.4) is 0 Å². The summed E-state index contributed by atoms with van der Waals surface area (Å²) in [6.07, 6.45) is 0.840. The molecule has 2 heterocycles. The summed E-state index contributed by atoms with van der Waals surface area (Å²) in [6.45, 7) is -0.549. The highest BCUT2D eigenvalue weighted by Gasteiger charge is 2.21. The average Bonchev–Trinajstić information content (AvgIpc) is 2.84. The predicted octanol–water partition coefficient (Wildman–Crippen LogP) is 1.16. The molecule has 21 heavy (non-hydrogen) atoms. The SMILES string of the molecule is Cn1cc([N+](=O)[O-])c(=O)n(CC(=O)c2sccc2Br)c1=O. The average molecular weight is 374 g/mol. The Hall–Kier alpha value is -2.07. The Kier molecular flexibility index (Phi) is 4.19. The van der Waals surface area contributed by atoms with Gasteiger partial charge in [-0.25, -0.2) is 9.36 Å². The van der Waals surface area contributed by atoms with Crippen LogP contribution in [0.2, 0.25) is 0 Å². The minimum absolute atomic E-state index is 0.343. The number of carbonyl (C=O) groups is 1. The van der Waals surface area contributed by atoms with Crippen LogP contribution in [-0.2, 0) is 13.6 Å². The van der Waals surface area contributed by atoms with Crippen LogP contribution in [0.1, 0.15) is 9.67 Å². The number of aromatic nitrogens is 2. The van der Waals surface area contributed by atoms with Gasteiger partial charge in [0.05, 0.1) is 22.5 Å². The Balaban J connectivity index is 2.53. The van der Waals surface area contributed by atoms with Crippen LogP contribution in [-0.4, -0.2) is 19.8 Å². The summed E-state index contributed by atoms with van der Waals surface area (Å²) in [4.78, 5) is 46.2. The molecule has 0 aliphatic heterocycles. The van der Waals surface area contributed by atoms with Gasteiger partial charge in [0.25, 0.3) is 0 Å². The number of ketones is 1. The molecule has 0 N–H and O–H groups in total. The number of nitro groups is 1. The van der Waals surface area contributed by atoms with Crippen molar-refractivity contribution in [3.63, 3.8) is 0 Å². The third-order valence-electron chi connectivity index (χ3n) is 2.68. The van der Waals surface area contributed by atoms with Crippen molar-refractivity contribution in [3.05, 3.63) is 57.9 Å². The van der Waals surface area contributed by atoms with E-state index >= 15 is 0 Å². The molecule has 110 valence electrons.